The van der Waals surface area contributed by atoms with E-state index in [4.69, 9.17) is 10.5 Å². The number of amides is 3. The fraction of sp³-hybridized carbons (Fsp3) is 0.429. The van der Waals surface area contributed by atoms with Crippen LogP contribution < -0.4 is 16.4 Å². The van der Waals surface area contributed by atoms with Crippen LogP contribution in [-0.2, 0) is 20.9 Å². The average Bonchev–Trinajstić information content (AvgIpc) is 3.46. The molecule has 12 nitrogen and oxygen atoms in total. The molecule has 3 amide bonds. The highest BCUT2D eigenvalue weighted by Gasteiger charge is 2.54. The maximum Gasteiger partial charge on any atom is 0.252 e. The highest BCUT2D eigenvalue weighted by molar-refractivity contribution is 6.02. The number of nitriles is 1. The number of nitrogens with two attached hydrogens (primary N) is 1. The first-order chi connectivity index (χ1) is 19.3. The van der Waals surface area contributed by atoms with Gasteiger partial charge in [0.15, 0.2) is 0 Å². The van der Waals surface area contributed by atoms with E-state index in [-0.39, 0.29) is 42.5 Å². The molecule has 2 aliphatic rings. The van der Waals surface area contributed by atoms with Gasteiger partial charge in [0.25, 0.3) is 5.91 Å². The summed E-state index contributed by atoms with van der Waals surface area (Å²) < 4.78 is 6.49. The number of carbonyl (C=O) groups is 3. The lowest BCUT2D eigenvalue weighted by Crippen LogP contribution is -2.36. The molecule has 5 rings (SSSR count). The number of hydrogen-bond acceptors (Lipinski definition) is 8. The van der Waals surface area contributed by atoms with Gasteiger partial charge in [-0.05, 0) is 37.3 Å². The Morgan fingerprint density at radius 3 is 2.65 bits per heavy atom. The predicted molar refractivity (Wildman–Crippen MR) is 146 cm³/mol. The van der Waals surface area contributed by atoms with Gasteiger partial charge in [-0.25, -0.2) is 4.52 Å². The van der Waals surface area contributed by atoms with Crippen molar-refractivity contribution in [3.8, 4) is 17.2 Å². The van der Waals surface area contributed by atoms with E-state index in [1.807, 2.05) is 24.4 Å². The zero-order valence-corrected chi connectivity index (χ0v) is 22.5. The van der Waals surface area contributed by atoms with Crippen molar-refractivity contribution in [2.24, 2.45) is 17.1 Å². The maximum atomic E-state index is 13.1. The largest absolute Gasteiger partial charge is 0.378 e. The van der Waals surface area contributed by atoms with E-state index < -0.39 is 11.3 Å². The number of aromatic nitrogens is 3. The molecule has 1 aliphatic carbocycles. The number of pyridine rings is 1. The normalized spacial score (nSPS) is 19.3. The number of carbonyl (C=O) groups excluding carboxylic acids is 3. The maximum absolute atomic E-state index is 13.1. The van der Waals surface area contributed by atoms with Gasteiger partial charge in [0, 0.05) is 49.8 Å². The van der Waals surface area contributed by atoms with Crippen molar-refractivity contribution in [3.05, 3.63) is 48.0 Å². The lowest BCUT2D eigenvalue weighted by atomic mass is 10.00. The lowest BCUT2D eigenvalue weighted by molar-refractivity contribution is -0.134. The molecule has 208 valence electrons. The molecule has 1 saturated carbocycles. The van der Waals surface area contributed by atoms with Gasteiger partial charge in [-0.2, -0.15) is 10.4 Å². The fourth-order valence-corrected chi connectivity index (χ4v) is 5.23. The van der Waals surface area contributed by atoms with Crippen LogP contribution in [0.4, 0.5) is 5.69 Å². The zero-order valence-electron chi connectivity index (χ0n) is 22.5. The minimum Gasteiger partial charge on any atom is -0.378 e. The van der Waals surface area contributed by atoms with E-state index in [0.29, 0.717) is 42.8 Å². The SMILES string of the molecule is CC[C@@H]1CN(C(=O)C2(C#N)CC2)C[C@H]1Nc1c(C(N)=O)cnn2cc(-c3ccc(CNC(=O)COC)nc3)cc12. The summed E-state index contributed by atoms with van der Waals surface area (Å²) in [4.78, 5) is 43.3. The number of nitrogens with zero attached hydrogens (tertiary/aromatic N) is 5. The van der Waals surface area contributed by atoms with Crippen molar-refractivity contribution in [1.82, 2.24) is 24.8 Å². The third kappa shape index (κ3) is 5.20. The van der Waals surface area contributed by atoms with Gasteiger partial charge in [0.2, 0.25) is 11.8 Å². The zero-order chi connectivity index (χ0) is 28.4. The van der Waals surface area contributed by atoms with Crippen LogP contribution in [0.25, 0.3) is 16.6 Å². The van der Waals surface area contributed by atoms with Crippen LogP contribution in [0.15, 0.2) is 36.8 Å². The van der Waals surface area contributed by atoms with Crippen molar-refractivity contribution < 1.29 is 19.1 Å². The van der Waals surface area contributed by atoms with E-state index in [0.717, 1.165) is 17.5 Å². The predicted octanol–water partition coefficient (Wildman–Crippen LogP) is 1.71. The van der Waals surface area contributed by atoms with Gasteiger partial charge in [0.1, 0.15) is 12.0 Å². The summed E-state index contributed by atoms with van der Waals surface area (Å²) in [6.07, 6.45) is 7.04. The Hall–Kier alpha value is -4.50. The second kappa shape index (κ2) is 10.9. The summed E-state index contributed by atoms with van der Waals surface area (Å²) in [6, 6.07) is 7.72. The van der Waals surface area contributed by atoms with Crippen LogP contribution in [0.1, 0.15) is 42.2 Å². The van der Waals surface area contributed by atoms with Gasteiger partial charge in [-0.3, -0.25) is 19.4 Å². The molecule has 0 aromatic carbocycles. The quantitative estimate of drug-likeness (QED) is 0.347. The van der Waals surface area contributed by atoms with E-state index in [1.54, 1.807) is 15.6 Å². The molecule has 1 saturated heterocycles. The highest BCUT2D eigenvalue weighted by atomic mass is 16.5. The number of methoxy groups -OCH3 is 1. The summed E-state index contributed by atoms with van der Waals surface area (Å²) in [5, 5.41) is 20.2. The van der Waals surface area contributed by atoms with Crippen molar-refractivity contribution in [3.63, 3.8) is 0 Å². The monoisotopic (exact) mass is 544 g/mol. The minimum atomic E-state index is -0.870. The molecule has 4 heterocycles. The average molecular weight is 545 g/mol. The van der Waals surface area contributed by atoms with Crippen molar-refractivity contribution in [2.45, 2.75) is 38.8 Å². The first-order valence-corrected chi connectivity index (χ1v) is 13.3. The van der Waals surface area contributed by atoms with Crippen molar-refractivity contribution in [1.29, 1.82) is 5.26 Å². The molecular weight excluding hydrogens is 512 g/mol. The molecule has 2 fully saturated rings. The van der Waals surface area contributed by atoms with Gasteiger partial charge in [0.05, 0.1) is 41.3 Å². The molecular formula is C28H32N8O4. The van der Waals surface area contributed by atoms with Crippen LogP contribution >= 0.6 is 0 Å². The topological polar surface area (TPSA) is 168 Å². The third-order valence-corrected chi connectivity index (χ3v) is 7.76. The molecule has 0 spiro atoms. The van der Waals surface area contributed by atoms with E-state index in [9.17, 15) is 19.6 Å². The van der Waals surface area contributed by atoms with Crippen LogP contribution in [0.5, 0.6) is 0 Å². The molecule has 4 N–H and O–H groups in total. The number of hydrogen-bond donors (Lipinski definition) is 3. The number of primary amides is 1. The Balaban J connectivity index is 1.40. The summed E-state index contributed by atoms with van der Waals surface area (Å²) in [5.74, 6) is -0.794. The standard InChI is InChI=1S/C28H32N8O4/c1-3-17-12-35(27(39)28(16-29)6-7-28)14-22(17)34-25-21(26(30)38)11-33-36-13-19(8-23(25)36)18-4-5-20(31-9-18)10-32-24(37)15-40-2/h4-5,8-9,11,13,17,22,34H,3,6-7,10,12,14-15H2,1-2H3,(H2,30,38)(H,32,37)/t17-,22-/m1/s1. The Kier molecular flexibility index (Phi) is 7.40. The fourth-order valence-electron chi connectivity index (χ4n) is 5.23. The third-order valence-electron chi connectivity index (χ3n) is 7.76. The Morgan fingerprint density at radius 1 is 1.23 bits per heavy atom. The number of likely N-dealkylation sites (tertiary alicyclic amines) is 1. The van der Waals surface area contributed by atoms with E-state index >= 15 is 0 Å². The lowest BCUT2D eigenvalue weighted by Gasteiger charge is -2.22. The molecule has 0 unspecified atom stereocenters. The minimum absolute atomic E-state index is 0.0130. The number of anilines is 1. The van der Waals surface area contributed by atoms with Crippen molar-refractivity contribution in [2.75, 3.05) is 32.1 Å². The van der Waals surface area contributed by atoms with Crippen LogP contribution in [-0.4, -0.2) is 70.1 Å². The van der Waals surface area contributed by atoms with Gasteiger partial charge >= 0.3 is 0 Å². The van der Waals surface area contributed by atoms with Crippen LogP contribution in [0.3, 0.4) is 0 Å². The van der Waals surface area contributed by atoms with Crippen molar-refractivity contribution >= 4 is 28.9 Å². The second-order valence-electron chi connectivity index (χ2n) is 10.4. The Bertz CT molecular complexity index is 1490. The summed E-state index contributed by atoms with van der Waals surface area (Å²) in [6.45, 7) is 3.33. The van der Waals surface area contributed by atoms with Crippen LogP contribution in [0.2, 0.25) is 0 Å². The molecule has 0 radical (unpaired) electrons. The van der Waals surface area contributed by atoms with Gasteiger partial charge in [-0.1, -0.05) is 13.0 Å². The van der Waals surface area contributed by atoms with Gasteiger partial charge in [-0.15, -0.1) is 0 Å². The molecule has 0 bridgehead atoms. The molecule has 40 heavy (non-hydrogen) atoms. The summed E-state index contributed by atoms with van der Waals surface area (Å²) >= 11 is 0. The highest BCUT2D eigenvalue weighted by Crippen LogP contribution is 2.47. The molecule has 1 aliphatic heterocycles. The summed E-state index contributed by atoms with van der Waals surface area (Å²) in [5.41, 5.74) is 8.70. The Morgan fingerprint density at radius 2 is 2.02 bits per heavy atom. The van der Waals surface area contributed by atoms with Gasteiger partial charge < -0.3 is 26.0 Å². The molecule has 12 heteroatoms. The van der Waals surface area contributed by atoms with Crippen LogP contribution in [0, 0.1) is 22.7 Å². The molecule has 3 aromatic heterocycles. The number of ether oxygens (including phenoxy) is 1. The number of fused-ring (bicyclic) bond motifs is 1. The van der Waals surface area contributed by atoms with E-state index in [2.05, 4.69) is 33.7 Å². The second-order valence-corrected chi connectivity index (χ2v) is 10.4. The smallest absolute Gasteiger partial charge is 0.252 e. The van der Waals surface area contributed by atoms with E-state index in [1.165, 1.54) is 13.3 Å². The first-order valence-electron chi connectivity index (χ1n) is 13.3. The first kappa shape index (κ1) is 27.1. The molecule has 2 atom stereocenters. The number of nitrogens with one attached hydrogen (secondary N) is 2. The number of rotatable bonds is 10. The molecule has 3 aromatic rings. The Labute approximate surface area is 231 Å². The summed E-state index contributed by atoms with van der Waals surface area (Å²) in [7, 11) is 1.46.